The van der Waals surface area contributed by atoms with Crippen LogP contribution in [0.4, 0.5) is 4.39 Å². The molecule has 1 atom stereocenters. The molecule has 0 aliphatic heterocycles. The summed E-state index contributed by atoms with van der Waals surface area (Å²) in [5.41, 5.74) is 0.786. The average Bonchev–Trinajstić information content (AvgIpc) is 2.25. The van der Waals surface area contributed by atoms with Crippen LogP contribution in [-0.2, 0) is 0 Å². The van der Waals surface area contributed by atoms with E-state index in [4.69, 9.17) is 0 Å². The Labute approximate surface area is 98.1 Å². The van der Waals surface area contributed by atoms with Gasteiger partial charge in [0.1, 0.15) is 5.82 Å². The number of nitrogens with one attached hydrogen (secondary N) is 1. The summed E-state index contributed by atoms with van der Waals surface area (Å²) in [6, 6.07) is 7.17. The normalized spacial score (nSPS) is 13.1. The molecule has 0 amide bonds. The van der Waals surface area contributed by atoms with Crippen molar-refractivity contribution in [2.24, 2.45) is 5.92 Å². The van der Waals surface area contributed by atoms with Gasteiger partial charge in [0.15, 0.2) is 0 Å². The minimum absolute atomic E-state index is 0.105. The quantitative estimate of drug-likeness (QED) is 0.771. The summed E-state index contributed by atoms with van der Waals surface area (Å²) in [7, 11) is 1.90. The zero-order valence-corrected chi connectivity index (χ0v) is 10.5. The number of benzene rings is 1. The lowest BCUT2D eigenvalue weighted by molar-refractivity contribution is 0.456. The van der Waals surface area contributed by atoms with Crippen LogP contribution in [0.5, 0.6) is 0 Å². The summed E-state index contributed by atoms with van der Waals surface area (Å²) in [4.78, 5) is 0. The van der Waals surface area contributed by atoms with Crippen molar-refractivity contribution in [1.29, 1.82) is 0 Å². The lowest BCUT2D eigenvalue weighted by Crippen LogP contribution is -2.17. The molecule has 0 aliphatic rings. The molecule has 16 heavy (non-hydrogen) atoms. The van der Waals surface area contributed by atoms with Gasteiger partial charge < -0.3 is 5.32 Å². The van der Waals surface area contributed by atoms with Gasteiger partial charge in [-0.25, -0.2) is 4.39 Å². The molecule has 1 nitrogen and oxygen atoms in total. The predicted molar refractivity (Wildman–Crippen MR) is 66.9 cm³/mol. The van der Waals surface area contributed by atoms with E-state index in [0.29, 0.717) is 0 Å². The number of hydrogen-bond donors (Lipinski definition) is 1. The third-order valence-corrected chi connectivity index (χ3v) is 2.90. The van der Waals surface area contributed by atoms with Gasteiger partial charge in [-0.2, -0.15) is 0 Å². The van der Waals surface area contributed by atoms with Crippen LogP contribution in [0.1, 0.15) is 44.7 Å². The van der Waals surface area contributed by atoms with E-state index in [1.807, 2.05) is 19.2 Å². The van der Waals surface area contributed by atoms with Gasteiger partial charge in [-0.3, -0.25) is 0 Å². The maximum Gasteiger partial charge on any atom is 0.127 e. The number of halogens is 1. The van der Waals surface area contributed by atoms with E-state index in [1.54, 1.807) is 6.07 Å². The van der Waals surface area contributed by atoms with E-state index in [9.17, 15) is 4.39 Å². The van der Waals surface area contributed by atoms with E-state index in [0.717, 1.165) is 24.3 Å². The molecule has 0 radical (unpaired) electrons. The minimum atomic E-state index is -0.105. The summed E-state index contributed by atoms with van der Waals surface area (Å²) >= 11 is 0. The molecule has 2 heteroatoms. The van der Waals surface area contributed by atoms with Gasteiger partial charge in [0, 0.05) is 11.6 Å². The molecule has 0 fully saturated rings. The van der Waals surface area contributed by atoms with Crippen LogP contribution >= 0.6 is 0 Å². The van der Waals surface area contributed by atoms with Gasteiger partial charge in [-0.15, -0.1) is 0 Å². The summed E-state index contributed by atoms with van der Waals surface area (Å²) < 4.78 is 13.6. The zero-order valence-electron chi connectivity index (χ0n) is 10.5. The minimum Gasteiger partial charge on any atom is -0.313 e. The lowest BCUT2D eigenvalue weighted by Gasteiger charge is -2.17. The van der Waals surface area contributed by atoms with Gasteiger partial charge in [0.25, 0.3) is 0 Å². The van der Waals surface area contributed by atoms with Gasteiger partial charge in [0.2, 0.25) is 0 Å². The summed E-state index contributed by atoms with van der Waals surface area (Å²) in [6.45, 7) is 4.44. The lowest BCUT2D eigenvalue weighted by atomic mass is 9.98. The molecule has 0 saturated carbocycles. The van der Waals surface area contributed by atoms with E-state index < -0.39 is 0 Å². The van der Waals surface area contributed by atoms with Crippen molar-refractivity contribution in [3.8, 4) is 0 Å². The van der Waals surface area contributed by atoms with Crippen LogP contribution in [0.3, 0.4) is 0 Å². The molecule has 0 saturated heterocycles. The van der Waals surface area contributed by atoms with E-state index in [1.165, 1.54) is 12.5 Å². The highest BCUT2D eigenvalue weighted by atomic mass is 19.1. The second-order valence-corrected chi connectivity index (χ2v) is 4.69. The maximum atomic E-state index is 13.6. The van der Waals surface area contributed by atoms with Crippen molar-refractivity contribution in [3.63, 3.8) is 0 Å². The second-order valence-electron chi connectivity index (χ2n) is 4.69. The molecule has 1 aromatic carbocycles. The van der Waals surface area contributed by atoms with Crippen molar-refractivity contribution >= 4 is 0 Å². The Morgan fingerprint density at radius 2 is 1.88 bits per heavy atom. The molecule has 0 heterocycles. The van der Waals surface area contributed by atoms with Crippen molar-refractivity contribution in [2.45, 2.75) is 39.2 Å². The first-order valence-electron chi connectivity index (χ1n) is 6.06. The highest BCUT2D eigenvalue weighted by Crippen LogP contribution is 2.22. The Bertz CT molecular complexity index is 309. The molecule has 90 valence electrons. The molecular formula is C14H22FN. The van der Waals surface area contributed by atoms with E-state index in [2.05, 4.69) is 19.2 Å². The van der Waals surface area contributed by atoms with E-state index in [-0.39, 0.29) is 11.9 Å². The van der Waals surface area contributed by atoms with Crippen LogP contribution in [0, 0.1) is 11.7 Å². The van der Waals surface area contributed by atoms with Gasteiger partial charge >= 0.3 is 0 Å². The fourth-order valence-electron chi connectivity index (χ4n) is 1.94. The average molecular weight is 223 g/mol. The van der Waals surface area contributed by atoms with E-state index >= 15 is 0 Å². The summed E-state index contributed by atoms with van der Waals surface area (Å²) in [5.74, 6) is 0.615. The van der Waals surface area contributed by atoms with Crippen molar-refractivity contribution < 1.29 is 4.39 Å². The second kappa shape index (κ2) is 6.64. The summed E-state index contributed by atoms with van der Waals surface area (Å²) in [6.07, 6.45) is 3.33. The fraction of sp³-hybridized carbons (Fsp3) is 0.571. The van der Waals surface area contributed by atoms with Crippen LogP contribution in [0.15, 0.2) is 24.3 Å². The highest BCUT2D eigenvalue weighted by molar-refractivity contribution is 5.20. The van der Waals surface area contributed by atoms with Crippen LogP contribution in [0.25, 0.3) is 0 Å². The third kappa shape index (κ3) is 3.93. The molecule has 0 bridgehead atoms. The smallest absolute Gasteiger partial charge is 0.127 e. The van der Waals surface area contributed by atoms with Crippen LogP contribution in [0.2, 0.25) is 0 Å². The van der Waals surface area contributed by atoms with Crippen molar-refractivity contribution in [3.05, 3.63) is 35.6 Å². The first-order valence-corrected chi connectivity index (χ1v) is 6.06. The first kappa shape index (κ1) is 13.2. The Morgan fingerprint density at radius 1 is 1.19 bits per heavy atom. The first-order chi connectivity index (χ1) is 7.65. The Hall–Kier alpha value is -0.890. The molecule has 0 spiro atoms. The molecule has 1 aromatic rings. The largest absolute Gasteiger partial charge is 0.313 e. The third-order valence-electron chi connectivity index (χ3n) is 2.90. The monoisotopic (exact) mass is 223 g/mol. The molecule has 0 aliphatic carbocycles. The zero-order chi connectivity index (χ0) is 12.0. The Balaban J connectivity index is 2.57. The van der Waals surface area contributed by atoms with Crippen molar-refractivity contribution in [2.75, 3.05) is 7.05 Å². The topological polar surface area (TPSA) is 12.0 Å². The predicted octanol–water partition coefficient (Wildman–Crippen LogP) is 3.91. The molecule has 1 rings (SSSR count). The number of rotatable bonds is 6. The van der Waals surface area contributed by atoms with Gasteiger partial charge in [-0.05, 0) is 25.5 Å². The Kier molecular flexibility index (Phi) is 5.47. The highest BCUT2D eigenvalue weighted by Gasteiger charge is 2.12. The van der Waals surface area contributed by atoms with Crippen molar-refractivity contribution in [1.82, 2.24) is 5.32 Å². The Morgan fingerprint density at radius 3 is 2.44 bits per heavy atom. The van der Waals surface area contributed by atoms with Crippen LogP contribution < -0.4 is 5.32 Å². The SMILES string of the molecule is CNC(CCCC(C)C)c1ccccc1F. The molecule has 1 N–H and O–H groups in total. The van der Waals surface area contributed by atoms with Crippen LogP contribution in [-0.4, -0.2) is 7.05 Å². The maximum absolute atomic E-state index is 13.6. The molecular weight excluding hydrogens is 201 g/mol. The standard InChI is InChI=1S/C14H22FN/c1-11(2)7-6-10-14(16-3)12-8-4-5-9-13(12)15/h4-5,8-9,11,14,16H,6-7,10H2,1-3H3. The molecule has 1 unspecified atom stereocenters. The van der Waals surface area contributed by atoms with Gasteiger partial charge in [0.05, 0.1) is 0 Å². The fourth-order valence-corrected chi connectivity index (χ4v) is 1.94. The number of hydrogen-bond acceptors (Lipinski definition) is 1. The summed E-state index contributed by atoms with van der Waals surface area (Å²) in [5, 5.41) is 3.19. The van der Waals surface area contributed by atoms with Gasteiger partial charge in [-0.1, -0.05) is 44.9 Å². The molecule has 0 aromatic heterocycles.